The van der Waals surface area contributed by atoms with Crippen LogP contribution in [-0.2, 0) is 4.79 Å². The SMILES string of the molecule is C=CC(=O)N(C)CCC[C@H]1CC[C@@]2(C)[C@@H](CC[C@@H]3[C@@H]2CC[C@]2(C)C([C@H](C)CCCC(C)C)CC[C@@H]32)C1. The zero-order chi connectivity index (χ0) is 26.1. The van der Waals surface area contributed by atoms with Crippen molar-refractivity contribution in [2.75, 3.05) is 13.6 Å². The molecule has 0 bridgehead atoms. The lowest BCUT2D eigenvalue weighted by Gasteiger charge is -2.61. The Morgan fingerprint density at radius 1 is 0.944 bits per heavy atom. The van der Waals surface area contributed by atoms with Crippen LogP contribution in [-0.4, -0.2) is 24.4 Å². The number of rotatable bonds is 10. The predicted octanol–water partition coefficient (Wildman–Crippen LogP) is 9.15. The van der Waals surface area contributed by atoms with Gasteiger partial charge in [-0.05, 0) is 135 Å². The molecule has 2 heteroatoms. The van der Waals surface area contributed by atoms with Gasteiger partial charge in [0.1, 0.15) is 0 Å². The van der Waals surface area contributed by atoms with Crippen molar-refractivity contribution in [1.29, 1.82) is 0 Å². The third kappa shape index (κ3) is 5.49. The molecule has 4 saturated carbocycles. The molecule has 4 rings (SSSR count). The fourth-order valence-corrected chi connectivity index (χ4v) is 10.5. The van der Waals surface area contributed by atoms with Crippen molar-refractivity contribution in [2.45, 2.75) is 125 Å². The maximum atomic E-state index is 11.8. The molecule has 206 valence electrons. The highest BCUT2D eigenvalue weighted by Crippen LogP contribution is 2.68. The summed E-state index contributed by atoms with van der Waals surface area (Å²) in [7, 11) is 1.92. The Bertz CT molecular complexity index is 758. The summed E-state index contributed by atoms with van der Waals surface area (Å²) in [5, 5.41) is 0. The van der Waals surface area contributed by atoms with Crippen LogP contribution in [0.1, 0.15) is 125 Å². The molecule has 0 aromatic heterocycles. The molecule has 4 fully saturated rings. The lowest BCUT2D eigenvalue weighted by molar-refractivity contribution is -0.125. The third-order valence-electron chi connectivity index (χ3n) is 12.6. The normalized spacial score (nSPS) is 40.8. The number of carbonyl (C=O) groups is 1. The van der Waals surface area contributed by atoms with Crippen LogP contribution in [0, 0.1) is 58.2 Å². The lowest BCUT2D eigenvalue weighted by atomic mass is 9.44. The molecular formula is C34H59NO. The van der Waals surface area contributed by atoms with Gasteiger partial charge >= 0.3 is 0 Å². The summed E-state index contributed by atoms with van der Waals surface area (Å²) in [6.45, 7) is 17.3. The van der Waals surface area contributed by atoms with Crippen LogP contribution >= 0.6 is 0 Å². The molecule has 0 saturated heterocycles. The Hall–Kier alpha value is -0.790. The molecule has 1 amide bonds. The number of likely N-dealkylation sites (N-methyl/N-ethyl adjacent to an activating group) is 1. The maximum absolute atomic E-state index is 11.8. The Morgan fingerprint density at radius 3 is 2.39 bits per heavy atom. The molecule has 0 spiro atoms. The molecule has 0 N–H and O–H groups in total. The summed E-state index contributed by atoms with van der Waals surface area (Å²) < 4.78 is 0. The van der Waals surface area contributed by atoms with Gasteiger partial charge in [0, 0.05) is 13.6 Å². The molecular weight excluding hydrogens is 438 g/mol. The highest BCUT2D eigenvalue weighted by molar-refractivity contribution is 5.86. The van der Waals surface area contributed by atoms with E-state index in [-0.39, 0.29) is 5.91 Å². The van der Waals surface area contributed by atoms with E-state index in [1.165, 1.54) is 89.5 Å². The fourth-order valence-electron chi connectivity index (χ4n) is 10.5. The minimum atomic E-state index is 0.0629. The number of fused-ring (bicyclic) bond motifs is 5. The summed E-state index contributed by atoms with van der Waals surface area (Å²) in [4.78, 5) is 13.6. The van der Waals surface area contributed by atoms with Crippen molar-refractivity contribution in [3.05, 3.63) is 12.7 Å². The molecule has 36 heavy (non-hydrogen) atoms. The first kappa shape index (κ1) is 28.2. The number of amides is 1. The Morgan fingerprint density at radius 2 is 1.67 bits per heavy atom. The average Bonchev–Trinajstić information content (AvgIpc) is 3.20. The second kappa shape index (κ2) is 11.5. The van der Waals surface area contributed by atoms with Crippen LogP contribution in [0.15, 0.2) is 12.7 Å². The van der Waals surface area contributed by atoms with E-state index >= 15 is 0 Å². The van der Waals surface area contributed by atoms with E-state index in [0.717, 1.165) is 60.3 Å². The molecule has 0 heterocycles. The standard InChI is InChI=1S/C34H59NO/c1-8-32(36)35(7)22-10-13-26-18-20-33(5)27(23-26)14-15-28-30-17-16-29(25(4)12-9-11-24(2)3)34(30,6)21-19-31(28)33/h8,24-31H,1,9-23H2,2-7H3/t25-,26+,27+,28+,29?,30+,31+,33+,34-/m1/s1. The second-order valence-corrected chi connectivity index (χ2v) is 14.9. The number of nitrogens with zero attached hydrogens (tertiary/aromatic N) is 1. The van der Waals surface area contributed by atoms with Crippen molar-refractivity contribution >= 4 is 5.91 Å². The van der Waals surface area contributed by atoms with Gasteiger partial charge in [-0.15, -0.1) is 0 Å². The second-order valence-electron chi connectivity index (χ2n) is 14.9. The highest BCUT2D eigenvalue weighted by Gasteiger charge is 2.60. The Balaban J connectivity index is 1.33. The van der Waals surface area contributed by atoms with E-state index in [2.05, 4.69) is 41.2 Å². The Kier molecular flexibility index (Phi) is 9.04. The summed E-state index contributed by atoms with van der Waals surface area (Å²) in [5.41, 5.74) is 1.21. The van der Waals surface area contributed by atoms with E-state index < -0.39 is 0 Å². The van der Waals surface area contributed by atoms with E-state index in [4.69, 9.17) is 0 Å². The van der Waals surface area contributed by atoms with Crippen LogP contribution < -0.4 is 0 Å². The monoisotopic (exact) mass is 497 g/mol. The molecule has 0 radical (unpaired) electrons. The van der Waals surface area contributed by atoms with Gasteiger partial charge in [-0.1, -0.05) is 60.5 Å². The summed E-state index contributed by atoms with van der Waals surface area (Å²) in [6.07, 6.45) is 21.6. The number of carbonyl (C=O) groups excluding carboxylic acids is 1. The van der Waals surface area contributed by atoms with Gasteiger partial charge in [-0.3, -0.25) is 4.79 Å². The zero-order valence-corrected chi connectivity index (χ0v) is 24.9. The Labute approximate surface area is 224 Å². The maximum Gasteiger partial charge on any atom is 0.245 e. The molecule has 4 aliphatic rings. The van der Waals surface area contributed by atoms with E-state index in [1.54, 1.807) is 0 Å². The predicted molar refractivity (Wildman–Crippen MR) is 154 cm³/mol. The summed E-state index contributed by atoms with van der Waals surface area (Å²) in [5.74, 6) is 7.63. The lowest BCUT2D eigenvalue weighted by Crippen LogP contribution is -2.53. The van der Waals surface area contributed by atoms with Crippen molar-refractivity contribution in [2.24, 2.45) is 58.2 Å². The van der Waals surface area contributed by atoms with Gasteiger partial charge < -0.3 is 4.90 Å². The van der Waals surface area contributed by atoms with E-state index in [9.17, 15) is 4.79 Å². The average molecular weight is 498 g/mol. The molecule has 1 unspecified atom stereocenters. The number of hydrogen-bond acceptors (Lipinski definition) is 1. The number of hydrogen-bond donors (Lipinski definition) is 0. The van der Waals surface area contributed by atoms with Crippen molar-refractivity contribution in [3.63, 3.8) is 0 Å². The smallest absolute Gasteiger partial charge is 0.245 e. The molecule has 9 atom stereocenters. The van der Waals surface area contributed by atoms with Gasteiger partial charge in [0.2, 0.25) is 5.91 Å². The highest BCUT2D eigenvalue weighted by atomic mass is 16.2. The third-order valence-corrected chi connectivity index (χ3v) is 12.6. The minimum Gasteiger partial charge on any atom is -0.342 e. The fraction of sp³-hybridized carbons (Fsp3) is 0.912. The van der Waals surface area contributed by atoms with Crippen LogP contribution in [0.5, 0.6) is 0 Å². The van der Waals surface area contributed by atoms with Crippen LogP contribution in [0.4, 0.5) is 0 Å². The zero-order valence-electron chi connectivity index (χ0n) is 24.9. The van der Waals surface area contributed by atoms with Crippen LogP contribution in [0.3, 0.4) is 0 Å². The molecule has 0 aliphatic heterocycles. The molecule has 0 aromatic rings. The topological polar surface area (TPSA) is 20.3 Å². The minimum absolute atomic E-state index is 0.0629. The van der Waals surface area contributed by atoms with Gasteiger partial charge in [0.15, 0.2) is 0 Å². The van der Waals surface area contributed by atoms with Crippen LogP contribution in [0.25, 0.3) is 0 Å². The quantitative estimate of drug-likeness (QED) is 0.275. The molecule has 4 aliphatic carbocycles. The first-order valence-electron chi connectivity index (χ1n) is 16.0. The van der Waals surface area contributed by atoms with Crippen molar-refractivity contribution in [1.82, 2.24) is 4.90 Å². The largest absolute Gasteiger partial charge is 0.342 e. The van der Waals surface area contributed by atoms with E-state index in [1.807, 2.05) is 11.9 Å². The van der Waals surface area contributed by atoms with Gasteiger partial charge in [0.05, 0.1) is 0 Å². The molecule has 0 aromatic carbocycles. The van der Waals surface area contributed by atoms with Gasteiger partial charge in [0.25, 0.3) is 0 Å². The van der Waals surface area contributed by atoms with E-state index in [0.29, 0.717) is 10.8 Å². The van der Waals surface area contributed by atoms with Gasteiger partial charge in [-0.2, -0.15) is 0 Å². The first-order chi connectivity index (χ1) is 17.1. The van der Waals surface area contributed by atoms with Crippen molar-refractivity contribution in [3.8, 4) is 0 Å². The first-order valence-corrected chi connectivity index (χ1v) is 16.0. The summed E-state index contributed by atoms with van der Waals surface area (Å²) in [6, 6.07) is 0. The van der Waals surface area contributed by atoms with Crippen LogP contribution in [0.2, 0.25) is 0 Å². The summed E-state index contributed by atoms with van der Waals surface area (Å²) >= 11 is 0. The molecule has 2 nitrogen and oxygen atoms in total. The van der Waals surface area contributed by atoms with Crippen molar-refractivity contribution < 1.29 is 4.79 Å². The van der Waals surface area contributed by atoms with Gasteiger partial charge in [-0.25, -0.2) is 0 Å².